The van der Waals surface area contributed by atoms with Crippen molar-refractivity contribution in [3.05, 3.63) is 63.1 Å². The summed E-state index contributed by atoms with van der Waals surface area (Å²) >= 11 is 8.94. The molecule has 0 aromatic heterocycles. The van der Waals surface area contributed by atoms with E-state index < -0.39 is 17.5 Å². The summed E-state index contributed by atoms with van der Waals surface area (Å²) in [4.78, 5) is 11.8. The van der Waals surface area contributed by atoms with Crippen molar-refractivity contribution in [2.24, 2.45) is 0 Å². The summed E-state index contributed by atoms with van der Waals surface area (Å²) in [6.07, 6.45) is -0.263. The zero-order valence-corrected chi connectivity index (χ0v) is 12.4. The van der Waals surface area contributed by atoms with Crippen LogP contribution in [0.15, 0.2) is 40.9 Å². The van der Waals surface area contributed by atoms with Gasteiger partial charge in [0.15, 0.2) is 0 Å². The molecule has 6 heteroatoms. The van der Waals surface area contributed by atoms with Crippen molar-refractivity contribution in [2.75, 3.05) is 5.32 Å². The highest BCUT2D eigenvalue weighted by Crippen LogP contribution is 2.22. The predicted octanol–water partition coefficient (Wildman–Crippen LogP) is 4.56. The Labute approximate surface area is 127 Å². The molecular formula is C14H9BrClF2NO. The number of anilines is 1. The summed E-state index contributed by atoms with van der Waals surface area (Å²) in [6, 6.07) is 8.40. The van der Waals surface area contributed by atoms with Gasteiger partial charge in [0, 0.05) is 15.1 Å². The summed E-state index contributed by atoms with van der Waals surface area (Å²) in [6.45, 7) is 0. The maximum absolute atomic E-state index is 13.6. The van der Waals surface area contributed by atoms with Crippen molar-refractivity contribution in [3.8, 4) is 0 Å². The molecule has 0 atom stereocenters. The molecule has 0 fully saturated rings. The molecule has 0 aliphatic carbocycles. The van der Waals surface area contributed by atoms with Crippen LogP contribution in [0.2, 0.25) is 5.02 Å². The number of halogens is 4. The summed E-state index contributed by atoms with van der Waals surface area (Å²) in [7, 11) is 0. The Morgan fingerprint density at radius 2 is 1.95 bits per heavy atom. The highest BCUT2D eigenvalue weighted by molar-refractivity contribution is 9.10. The van der Waals surface area contributed by atoms with Crippen molar-refractivity contribution in [2.45, 2.75) is 6.42 Å². The second-order valence-corrected chi connectivity index (χ2v) is 5.37. The highest BCUT2D eigenvalue weighted by Gasteiger charge is 2.13. The fourth-order valence-corrected chi connectivity index (χ4v) is 2.21. The van der Waals surface area contributed by atoms with Gasteiger partial charge in [0.05, 0.1) is 12.1 Å². The van der Waals surface area contributed by atoms with Crippen molar-refractivity contribution < 1.29 is 13.6 Å². The average molecular weight is 361 g/mol. The van der Waals surface area contributed by atoms with Crippen molar-refractivity contribution in [1.29, 1.82) is 0 Å². The Hall–Kier alpha value is -1.46. The van der Waals surface area contributed by atoms with Gasteiger partial charge in [-0.25, -0.2) is 8.78 Å². The number of hydrogen-bond acceptors (Lipinski definition) is 1. The van der Waals surface area contributed by atoms with Gasteiger partial charge in [0.1, 0.15) is 11.6 Å². The Balaban J connectivity index is 2.13. The molecule has 1 amide bonds. The van der Waals surface area contributed by atoms with Gasteiger partial charge < -0.3 is 5.32 Å². The molecule has 0 heterocycles. The van der Waals surface area contributed by atoms with Gasteiger partial charge in [0.25, 0.3) is 0 Å². The van der Waals surface area contributed by atoms with E-state index >= 15 is 0 Å². The van der Waals surface area contributed by atoms with Crippen LogP contribution in [0.1, 0.15) is 5.56 Å². The SMILES string of the molecule is O=C(Cc1c(F)cccc1Cl)Nc1ccc(Br)cc1F. The molecule has 0 unspecified atom stereocenters. The van der Waals surface area contributed by atoms with E-state index in [4.69, 9.17) is 11.6 Å². The third-order valence-electron chi connectivity index (χ3n) is 2.60. The van der Waals surface area contributed by atoms with Crippen LogP contribution < -0.4 is 5.32 Å². The topological polar surface area (TPSA) is 29.1 Å². The number of benzene rings is 2. The molecule has 0 bridgehead atoms. The highest BCUT2D eigenvalue weighted by atomic mass is 79.9. The largest absolute Gasteiger partial charge is 0.323 e. The average Bonchev–Trinajstić information content (AvgIpc) is 2.37. The standard InChI is InChI=1S/C14H9BrClF2NO/c15-8-4-5-13(12(18)6-8)19-14(20)7-9-10(16)2-1-3-11(9)17/h1-6H,7H2,(H,19,20). The lowest BCUT2D eigenvalue weighted by atomic mass is 10.1. The zero-order valence-electron chi connectivity index (χ0n) is 10.1. The maximum Gasteiger partial charge on any atom is 0.229 e. The van der Waals surface area contributed by atoms with Crippen LogP contribution in [0, 0.1) is 11.6 Å². The Morgan fingerprint density at radius 1 is 1.20 bits per heavy atom. The van der Waals surface area contributed by atoms with Gasteiger partial charge >= 0.3 is 0 Å². The summed E-state index contributed by atoms with van der Waals surface area (Å²) in [5.41, 5.74) is 0.120. The molecule has 0 radical (unpaired) electrons. The van der Waals surface area contributed by atoms with Gasteiger partial charge in [-0.3, -0.25) is 4.79 Å². The molecule has 104 valence electrons. The fraction of sp³-hybridized carbons (Fsp3) is 0.0714. The molecule has 20 heavy (non-hydrogen) atoms. The molecule has 0 saturated carbocycles. The van der Waals surface area contributed by atoms with Crippen molar-refractivity contribution >= 4 is 39.1 Å². The summed E-state index contributed by atoms with van der Waals surface area (Å²) in [5, 5.41) is 2.54. The van der Waals surface area contributed by atoms with E-state index in [0.717, 1.165) is 0 Å². The Kier molecular flexibility index (Phi) is 4.73. The molecule has 0 aliphatic heterocycles. The molecule has 2 nitrogen and oxygen atoms in total. The number of rotatable bonds is 3. The Bertz CT molecular complexity index is 643. The lowest BCUT2D eigenvalue weighted by Gasteiger charge is -2.08. The lowest BCUT2D eigenvalue weighted by Crippen LogP contribution is -2.16. The van der Waals surface area contributed by atoms with E-state index in [1.807, 2.05) is 0 Å². The van der Waals surface area contributed by atoms with Gasteiger partial charge in [-0.15, -0.1) is 0 Å². The van der Waals surface area contributed by atoms with E-state index in [-0.39, 0.29) is 22.7 Å². The first-order valence-electron chi connectivity index (χ1n) is 5.65. The predicted molar refractivity (Wildman–Crippen MR) is 77.8 cm³/mol. The first kappa shape index (κ1) is 14.9. The zero-order chi connectivity index (χ0) is 14.7. The Morgan fingerprint density at radius 3 is 2.60 bits per heavy atom. The number of carbonyl (C=O) groups excluding carboxylic acids is 1. The second-order valence-electron chi connectivity index (χ2n) is 4.05. The van der Waals surface area contributed by atoms with E-state index in [1.165, 1.54) is 30.3 Å². The summed E-state index contributed by atoms with van der Waals surface area (Å²) < 4.78 is 27.7. The molecule has 2 rings (SSSR count). The van der Waals surface area contributed by atoms with Crippen LogP contribution in [0.25, 0.3) is 0 Å². The van der Waals surface area contributed by atoms with Crippen LogP contribution in [-0.4, -0.2) is 5.91 Å². The molecule has 0 saturated heterocycles. The van der Waals surface area contributed by atoms with E-state index in [2.05, 4.69) is 21.2 Å². The van der Waals surface area contributed by atoms with Crippen molar-refractivity contribution in [1.82, 2.24) is 0 Å². The number of hydrogen-bond donors (Lipinski definition) is 1. The molecule has 1 N–H and O–H groups in total. The second kappa shape index (κ2) is 6.33. The number of carbonyl (C=O) groups is 1. The third-order valence-corrected chi connectivity index (χ3v) is 3.45. The van der Waals surface area contributed by atoms with Crippen LogP contribution >= 0.6 is 27.5 Å². The molecule has 0 spiro atoms. The monoisotopic (exact) mass is 359 g/mol. The first-order valence-corrected chi connectivity index (χ1v) is 6.82. The number of amides is 1. The fourth-order valence-electron chi connectivity index (χ4n) is 1.65. The van der Waals surface area contributed by atoms with E-state index in [1.54, 1.807) is 6.07 Å². The van der Waals surface area contributed by atoms with Crippen LogP contribution in [0.4, 0.5) is 14.5 Å². The minimum Gasteiger partial charge on any atom is -0.323 e. The van der Waals surface area contributed by atoms with Crippen LogP contribution in [-0.2, 0) is 11.2 Å². The molecule has 2 aromatic rings. The summed E-state index contributed by atoms with van der Waals surface area (Å²) in [5.74, 6) is -1.69. The molecule has 0 aliphatic rings. The van der Waals surface area contributed by atoms with Crippen LogP contribution in [0.5, 0.6) is 0 Å². The quantitative estimate of drug-likeness (QED) is 0.854. The maximum atomic E-state index is 13.6. The van der Waals surface area contributed by atoms with E-state index in [0.29, 0.717) is 4.47 Å². The molecular weight excluding hydrogens is 352 g/mol. The van der Waals surface area contributed by atoms with Crippen LogP contribution in [0.3, 0.4) is 0 Å². The minimum atomic E-state index is -0.577. The minimum absolute atomic E-state index is 0.0330. The first-order chi connectivity index (χ1) is 9.47. The number of nitrogens with one attached hydrogen (secondary N) is 1. The smallest absolute Gasteiger partial charge is 0.229 e. The van der Waals surface area contributed by atoms with Gasteiger partial charge in [-0.2, -0.15) is 0 Å². The van der Waals surface area contributed by atoms with Gasteiger partial charge in [-0.05, 0) is 30.3 Å². The normalized spacial score (nSPS) is 10.4. The lowest BCUT2D eigenvalue weighted by molar-refractivity contribution is -0.115. The molecule has 2 aromatic carbocycles. The van der Waals surface area contributed by atoms with E-state index in [9.17, 15) is 13.6 Å². The van der Waals surface area contributed by atoms with Gasteiger partial charge in [-0.1, -0.05) is 33.6 Å². The third kappa shape index (κ3) is 3.55. The van der Waals surface area contributed by atoms with Gasteiger partial charge in [0.2, 0.25) is 5.91 Å². The van der Waals surface area contributed by atoms with Crippen molar-refractivity contribution in [3.63, 3.8) is 0 Å².